The largest absolute Gasteiger partial charge is 0.457 e. The van der Waals surface area contributed by atoms with E-state index in [9.17, 15) is 4.79 Å². The van der Waals surface area contributed by atoms with Crippen molar-refractivity contribution in [3.63, 3.8) is 0 Å². The number of pyridine rings is 1. The Bertz CT molecular complexity index is 1190. The molecule has 1 aliphatic rings. The Balaban J connectivity index is 1.94. The molecule has 156 valence electrons. The number of carbonyl (C=O) groups excluding carboxylic acids is 1. The van der Waals surface area contributed by atoms with Crippen molar-refractivity contribution in [2.45, 2.75) is 19.6 Å². The van der Waals surface area contributed by atoms with Crippen LogP contribution in [0.4, 0.5) is 15.9 Å². The number of ether oxygens (including phenoxy) is 2. The van der Waals surface area contributed by atoms with Gasteiger partial charge in [-0.1, -0.05) is 0 Å². The van der Waals surface area contributed by atoms with Crippen LogP contribution in [0.5, 0.6) is 0 Å². The lowest BCUT2D eigenvalue weighted by molar-refractivity contribution is -0.116. The molecule has 3 aromatic rings. The van der Waals surface area contributed by atoms with Crippen molar-refractivity contribution < 1.29 is 18.7 Å². The molecule has 0 spiro atoms. The number of hydrogen-bond donors (Lipinski definition) is 1. The van der Waals surface area contributed by atoms with E-state index in [0.29, 0.717) is 22.6 Å². The lowest BCUT2D eigenvalue weighted by Gasteiger charge is -2.27. The predicted molar refractivity (Wildman–Crippen MR) is 120 cm³/mol. The molecule has 1 amide bonds. The quantitative estimate of drug-likeness (QED) is 0.509. The molecule has 0 saturated carbocycles. The first kappa shape index (κ1) is 20.5. The molecular formula is C21H20FIN4O3. The summed E-state index contributed by atoms with van der Waals surface area (Å²) >= 11 is 2.05. The third-order valence-electron chi connectivity index (χ3n) is 4.78. The summed E-state index contributed by atoms with van der Waals surface area (Å²) in [6, 6.07) is 8.38. The molecule has 4 rings (SSSR count). The SMILES string of the molecule is Cn1c(N(CC2=COC(C)(C)O2)c2ccc(I)cc2F)c(C(N)=O)c2cccnc21. The highest BCUT2D eigenvalue weighted by Crippen LogP contribution is 2.38. The van der Waals surface area contributed by atoms with E-state index in [1.807, 2.05) is 22.6 Å². The Kier molecular flexibility index (Phi) is 5.08. The molecule has 0 unspecified atom stereocenters. The van der Waals surface area contributed by atoms with Gasteiger partial charge in [0.25, 0.3) is 5.91 Å². The van der Waals surface area contributed by atoms with E-state index in [2.05, 4.69) is 4.98 Å². The number of benzene rings is 1. The molecule has 0 aliphatic carbocycles. The first-order chi connectivity index (χ1) is 14.2. The van der Waals surface area contributed by atoms with E-state index in [-0.39, 0.29) is 17.8 Å². The zero-order valence-electron chi connectivity index (χ0n) is 16.6. The van der Waals surface area contributed by atoms with Gasteiger partial charge in [-0.25, -0.2) is 9.37 Å². The summed E-state index contributed by atoms with van der Waals surface area (Å²) in [5, 5.41) is 0.594. The van der Waals surface area contributed by atoms with Gasteiger partial charge in [0, 0.05) is 36.0 Å². The Morgan fingerprint density at radius 2 is 2.13 bits per heavy atom. The molecule has 0 bridgehead atoms. The number of carbonyl (C=O) groups is 1. The van der Waals surface area contributed by atoms with E-state index in [4.69, 9.17) is 15.2 Å². The van der Waals surface area contributed by atoms with Gasteiger partial charge in [0.15, 0.2) is 5.76 Å². The van der Waals surface area contributed by atoms with E-state index in [1.54, 1.807) is 60.8 Å². The molecule has 1 aliphatic heterocycles. The van der Waals surface area contributed by atoms with Crippen LogP contribution in [0, 0.1) is 9.39 Å². The van der Waals surface area contributed by atoms with E-state index >= 15 is 4.39 Å². The smallest absolute Gasteiger partial charge is 0.253 e. The second-order valence-electron chi connectivity index (χ2n) is 7.38. The fraction of sp³-hybridized carbons (Fsp3) is 0.238. The maximum absolute atomic E-state index is 15.1. The molecule has 7 nitrogen and oxygen atoms in total. The van der Waals surface area contributed by atoms with Crippen molar-refractivity contribution in [2.75, 3.05) is 11.4 Å². The van der Waals surface area contributed by atoms with Crippen molar-refractivity contribution in [2.24, 2.45) is 12.8 Å². The van der Waals surface area contributed by atoms with Gasteiger partial charge in [0.05, 0.1) is 17.8 Å². The number of aromatic nitrogens is 2. The molecule has 0 fully saturated rings. The number of aryl methyl sites for hydroxylation is 1. The summed E-state index contributed by atoms with van der Waals surface area (Å²) in [7, 11) is 1.76. The monoisotopic (exact) mass is 522 g/mol. The van der Waals surface area contributed by atoms with Crippen LogP contribution in [0.3, 0.4) is 0 Å². The minimum atomic E-state index is -0.821. The second kappa shape index (κ2) is 7.46. The van der Waals surface area contributed by atoms with Crippen LogP contribution < -0.4 is 10.6 Å². The number of halogens is 2. The number of primary amides is 1. The number of fused-ring (bicyclic) bond motifs is 1. The average molecular weight is 522 g/mol. The van der Waals surface area contributed by atoms with Crippen molar-refractivity contribution in [3.05, 3.63) is 63.5 Å². The minimum Gasteiger partial charge on any atom is -0.457 e. The Labute approximate surface area is 186 Å². The molecule has 3 heterocycles. The molecule has 9 heteroatoms. The molecular weight excluding hydrogens is 502 g/mol. The van der Waals surface area contributed by atoms with Crippen LogP contribution in [0.15, 0.2) is 48.5 Å². The lowest BCUT2D eigenvalue weighted by atomic mass is 10.1. The highest BCUT2D eigenvalue weighted by molar-refractivity contribution is 14.1. The Morgan fingerprint density at radius 1 is 1.37 bits per heavy atom. The van der Waals surface area contributed by atoms with Crippen molar-refractivity contribution in [3.8, 4) is 0 Å². The van der Waals surface area contributed by atoms with Crippen LogP contribution in [-0.2, 0) is 16.5 Å². The molecule has 30 heavy (non-hydrogen) atoms. The maximum atomic E-state index is 15.1. The third-order valence-corrected chi connectivity index (χ3v) is 5.45. The van der Waals surface area contributed by atoms with Gasteiger partial charge in [-0.3, -0.25) is 4.79 Å². The first-order valence-electron chi connectivity index (χ1n) is 9.19. The molecule has 0 radical (unpaired) electrons. The number of anilines is 2. The number of nitrogens with zero attached hydrogens (tertiary/aromatic N) is 3. The van der Waals surface area contributed by atoms with Crippen LogP contribution in [0.25, 0.3) is 11.0 Å². The Hall–Kier alpha value is -2.82. The van der Waals surface area contributed by atoms with Gasteiger partial charge in [0.1, 0.15) is 23.5 Å². The number of hydrogen-bond acceptors (Lipinski definition) is 5. The fourth-order valence-corrected chi connectivity index (χ4v) is 4.03. The summed E-state index contributed by atoms with van der Waals surface area (Å²) in [6.45, 7) is 3.69. The highest BCUT2D eigenvalue weighted by atomic mass is 127. The van der Waals surface area contributed by atoms with Crippen LogP contribution in [-0.4, -0.2) is 27.8 Å². The zero-order valence-corrected chi connectivity index (χ0v) is 18.8. The summed E-state index contributed by atoms with van der Waals surface area (Å²) in [4.78, 5) is 18.5. The molecule has 2 aromatic heterocycles. The van der Waals surface area contributed by atoms with E-state index in [1.165, 1.54) is 12.3 Å². The highest BCUT2D eigenvalue weighted by Gasteiger charge is 2.32. The van der Waals surface area contributed by atoms with Gasteiger partial charge < -0.3 is 24.7 Å². The Morgan fingerprint density at radius 3 is 2.77 bits per heavy atom. The van der Waals surface area contributed by atoms with Gasteiger partial charge >= 0.3 is 0 Å². The van der Waals surface area contributed by atoms with E-state index in [0.717, 1.165) is 3.57 Å². The van der Waals surface area contributed by atoms with E-state index < -0.39 is 17.5 Å². The normalized spacial score (nSPS) is 14.9. The summed E-state index contributed by atoms with van der Waals surface area (Å²) in [6.07, 6.45) is 3.13. The van der Waals surface area contributed by atoms with Crippen LogP contribution in [0.1, 0.15) is 24.2 Å². The minimum absolute atomic E-state index is 0.130. The topological polar surface area (TPSA) is 82.6 Å². The predicted octanol–water partition coefficient (Wildman–Crippen LogP) is 4.18. The zero-order chi connectivity index (χ0) is 21.6. The standard InChI is InChI=1S/C21H20FIN4O3/c1-21(2)29-11-13(30-21)10-27(16-7-6-12(23)9-15(16)22)20-17(18(24)28)14-5-4-8-25-19(14)26(20)3/h4-9,11H,10H2,1-3H3,(H2,24,28). The lowest BCUT2D eigenvalue weighted by Crippen LogP contribution is -2.28. The van der Waals surface area contributed by atoms with Crippen LogP contribution >= 0.6 is 22.6 Å². The number of amides is 1. The summed E-state index contributed by atoms with van der Waals surface area (Å²) < 4.78 is 28.9. The van der Waals surface area contributed by atoms with Gasteiger partial charge in [-0.15, -0.1) is 0 Å². The summed E-state index contributed by atoms with van der Waals surface area (Å²) in [5.41, 5.74) is 6.85. The van der Waals surface area contributed by atoms with Crippen molar-refractivity contribution in [1.29, 1.82) is 0 Å². The number of rotatable bonds is 5. The van der Waals surface area contributed by atoms with Crippen LogP contribution in [0.2, 0.25) is 0 Å². The maximum Gasteiger partial charge on any atom is 0.253 e. The molecule has 1 aromatic carbocycles. The molecule has 2 N–H and O–H groups in total. The van der Waals surface area contributed by atoms with Gasteiger partial charge in [-0.2, -0.15) is 0 Å². The average Bonchev–Trinajstić information content (AvgIpc) is 3.17. The second-order valence-corrected chi connectivity index (χ2v) is 8.63. The molecule has 0 atom stereocenters. The fourth-order valence-electron chi connectivity index (χ4n) is 3.58. The number of nitrogens with two attached hydrogens (primary N) is 1. The summed E-state index contributed by atoms with van der Waals surface area (Å²) in [5.74, 6) is -0.970. The molecule has 0 saturated heterocycles. The van der Waals surface area contributed by atoms with Crippen molar-refractivity contribution in [1.82, 2.24) is 9.55 Å². The third kappa shape index (κ3) is 3.57. The van der Waals surface area contributed by atoms with Gasteiger partial charge in [-0.05, 0) is 52.9 Å². The first-order valence-corrected chi connectivity index (χ1v) is 10.3. The van der Waals surface area contributed by atoms with Gasteiger partial charge in [0.2, 0.25) is 5.79 Å². The van der Waals surface area contributed by atoms with Crippen molar-refractivity contribution >= 4 is 51.0 Å².